The van der Waals surface area contributed by atoms with Crippen molar-refractivity contribution >= 4 is 23.8 Å². The van der Waals surface area contributed by atoms with Crippen molar-refractivity contribution in [3.05, 3.63) is 0 Å². The quantitative estimate of drug-likeness (QED) is 0.514. The molecule has 0 heterocycles. The van der Waals surface area contributed by atoms with Gasteiger partial charge in [0.1, 0.15) is 0 Å². The van der Waals surface area contributed by atoms with Gasteiger partial charge in [0.15, 0.2) is 0 Å². The molecule has 0 spiro atoms. The van der Waals surface area contributed by atoms with E-state index in [1.165, 1.54) is 0 Å². The number of hydrogen-bond acceptors (Lipinski definition) is 3. The van der Waals surface area contributed by atoms with Crippen molar-refractivity contribution in [1.29, 1.82) is 0 Å². The van der Waals surface area contributed by atoms with Crippen molar-refractivity contribution in [2.24, 2.45) is 0 Å². The molecule has 0 saturated heterocycles. The zero-order valence-electron chi connectivity index (χ0n) is 6.18. The number of thioether (sulfide) groups is 1. The number of rotatable bonds is 3. The first-order chi connectivity index (χ1) is 4.06. The van der Waals surface area contributed by atoms with Gasteiger partial charge < -0.3 is 4.55 Å². The standard InChI is InChI=1S/C6H14OS2/c1-6(2,3)8-4-5-9-7/h7H,4-5H2,1-3H3. The van der Waals surface area contributed by atoms with Crippen LogP contribution in [0.25, 0.3) is 0 Å². The maximum atomic E-state index is 8.37. The third kappa shape index (κ3) is 8.66. The van der Waals surface area contributed by atoms with Crippen LogP contribution in [-0.4, -0.2) is 20.8 Å². The van der Waals surface area contributed by atoms with E-state index in [1.54, 1.807) is 0 Å². The molecular formula is C6H14OS2. The molecular weight excluding hydrogens is 152 g/mol. The van der Waals surface area contributed by atoms with Crippen molar-refractivity contribution in [2.75, 3.05) is 11.5 Å². The molecule has 9 heavy (non-hydrogen) atoms. The average molecular weight is 166 g/mol. The van der Waals surface area contributed by atoms with Crippen LogP contribution in [0, 0.1) is 0 Å². The van der Waals surface area contributed by atoms with Crippen LogP contribution >= 0.6 is 23.8 Å². The van der Waals surface area contributed by atoms with Gasteiger partial charge in [0, 0.05) is 16.3 Å². The molecule has 0 atom stereocenters. The highest BCUT2D eigenvalue weighted by Gasteiger charge is 2.08. The molecule has 0 aliphatic rings. The molecule has 0 radical (unpaired) electrons. The Morgan fingerprint density at radius 2 is 1.78 bits per heavy atom. The van der Waals surface area contributed by atoms with Crippen LogP contribution in [0.5, 0.6) is 0 Å². The van der Waals surface area contributed by atoms with E-state index in [0.29, 0.717) is 4.75 Å². The van der Waals surface area contributed by atoms with Crippen molar-refractivity contribution in [1.82, 2.24) is 0 Å². The Morgan fingerprint density at radius 1 is 1.22 bits per heavy atom. The monoisotopic (exact) mass is 166 g/mol. The predicted octanol–water partition coefficient (Wildman–Crippen LogP) is 2.72. The van der Waals surface area contributed by atoms with Crippen LogP contribution in [0.4, 0.5) is 0 Å². The summed E-state index contributed by atoms with van der Waals surface area (Å²) in [5, 5.41) is 0. The molecule has 56 valence electrons. The second-order valence-corrected chi connectivity index (χ2v) is 5.38. The van der Waals surface area contributed by atoms with Gasteiger partial charge in [-0.15, -0.1) is 0 Å². The van der Waals surface area contributed by atoms with E-state index in [1.807, 2.05) is 11.8 Å². The lowest BCUT2D eigenvalue weighted by Crippen LogP contribution is -2.08. The van der Waals surface area contributed by atoms with Gasteiger partial charge in [0.2, 0.25) is 0 Å². The van der Waals surface area contributed by atoms with E-state index in [-0.39, 0.29) is 0 Å². The first kappa shape index (κ1) is 9.66. The zero-order chi connectivity index (χ0) is 7.33. The third-order valence-corrected chi connectivity index (χ3v) is 2.63. The van der Waals surface area contributed by atoms with Gasteiger partial charge >= 0.3 is 0 Å². The molecule has 1 N–H and O–H groups in total. The summed E-state index contributed by atoms with van der Waals surface area (Å²) >= 11 is 2.80. The van der Waals surface area contributed by atoms with E-state index in [9.17, 15) is 0 Å². The summed E-state index contributed by atoms with van der Waals surface area (Å²) in [7, 11) is 0. The van der Waals surface area contributed by atoms with E-state index >= 15 is 0 Å². The lowest BCUT2D eigenvalue weighted by Gasteiger charge is -2.16. The minimum atomic E-state index is 0.343. The van der Waals surface area contributed by atoms with Crippen molar-refractivity contribution in [3.8, 4) is 0 Å². The highest BCUT2D eigenvalue weighted by Crippen LogP contribution is 2.23. The summed E-state index contributed by atoms with van der Waals surface area (Å²) in [6, 6.07) is 0. The largest absolute Gasteiger partial charge is 0.330 e. The normalized spacial score (nSPS) is 12.0. The van der Waals surface area contributed by atoms with Crippen LogP contribution < -0.4 is 0 Å². The molecule has 0 unspecified atom stereocenters. The van der Waals surface area contributed by atoms with Crippen molar-refractivity contribution in [3.63, 3.8) is 0 Å². The molecule has 3 heteroatoms. The Kier molecular flexibility index (Phi) is 4.80. The van der Waals surface area contributed by atoms with Gasteiger partial charge in [-0.2, -0.15) is 11.8 Å². The number of hydrogen-bond donors (Lipinski definition) is 1. The summed E-state index contributed by atoms with van der Waals surface area (Å²) in [6.07, 6.45) is 0. The average Bonchev–Trinajstić information content (AvgIpc) is 1.63. The lowest BCUT2D eigenvalue weighted by atomic mass is 10.3. The predicted molar refractivity (Wildman–Crippen MR) is 47.3 cm³/mol. The highest BCUT2D eigenvalue weighted by molar-refractivity contribution is 8.02. The molecule has 0 rings (SSSR count). The molecule has 1 nitrogen and oxygen atoms in total. The second-order valence-electron chi connectivity index (χ2n) is 2.79. The van der Waals surface area contributed by atoms with E-state index in [0.717, 1.165) is 23.5 Å². The Hall–Kier alpha value is 0.660. The van der Waals surface area contributed by atoms with E-state index < -0.39 is 0 Å². The molecule has 0 aliphatic heterocycles. The van der Waals surface area contributed by atoms with E-state index in [4.69, 9.17) is 4.55 Å². The molecule has 0 bridgehead atoms. The van der Waals surface area contributed by atoms with Crippen LogP contribution in [0.1, 0.15) is 20.8 Å². The second kappa shape index (κ2) is 4.47. The Morgan fingerprint density at radius 3 is 2.11 bits per heavy atom. The summed E-state index contributed by atoms with van der Waals surface area (Å²) in [4.78, 5) is 0. The minimum absolute atomic E-state index is 0.343. The third-order valence-electron chi connectivity index (χ3n) is 0.710. The summed E-state index contributed by atoms with van der Waals surface area (Å²) in [6.45, 7) is 6.54. The summed E-state index contributed by atoms with van der Waals surface area (Å²) in [5.41, 5.74) is 0. The maximum Gasteiger partial charge on any atom is 0.0286 e. The van der Waals surface area contributed by atoms with Gasteiger partial charge in [-0.3, -0.25) is 0 Å². The molecule has 0 saturated carbocycles. The van der Waals surface area contributed by atoms with Gasteiger partial charge in [-0.25, -0.2) is 0 Å². The molecule has 0 aromatic heterocycles. The van der Waals surface area contributed by atoms with Gasteiger partial charge in [-0.1, -0.05) is 20.8 Å². The lowest BCUT2D eigenvalue weighted by molar-refractivity contribution is 0.665. The fourth-order valence-electron chi connectivity index (χ4n) is 0.385. The van der Waals surface area contributed by atoms with Gasteiger partial charge in [0.05, 0.1) is 0 Å². The molecule has 0 fully saturated rings. The van der Waals surface area contributed by atoms with Crippen LogP contribution in [0.2, 0.25) is 0 Å². The molecule has 0 aromatic rings. The molecule has 0 aromatic carbocycles. The fourth-order valence-corrected chi connectivity index (χ4v) is 1.63. The van der Waals surface area contributed by atoms with Crippen molar-refractivity contribution in [2.45, 2.75) is 25.5 Å². The highest BCUT2D eigenvalue weighted by atomic mass is 32.2. The molecule has 0 aliphatic carbocycles. The van der Waals surface area contributed by atoms with Crippen LogP contribution in [0.3, 0.4) is 0 Å². The zero-order valence-corrected chi connectivity index (χ0v) is 7.81. The van der Waals surface area contributed by atoms with Crippen LogP contribution in [0.15, 0.2) is 0 Å². The maximum absolute atomic E-state index is 8.37. The summed E-state index contributed by atoms with van der Waals surface area (Å²) < 4.78 is 8.71. The molecule has 0 amide bonds. The minimum Gasteiger partial charge on any atom is -0.330 e. The first-order valence-corrected chi connectivity index (χ1v) is 4.89. The Balaban J connectivity index is 3.07. The Bertz CT molecular complexity index is 67.9. The van der Waals surface area contributed by atoms with Crippen LogP contribution in [-0.2, 0) is 0 Å². The Labute approximate surface area is 65.8 Å². The topological polar surface area (TPSA) is 20.2 Å². The smallest absolute Gasteiger partial charge is 0.0286 e. The van der Waals surface area contributed by atoms with E-state index in [2.05, 4.69) is 20.8 Å². The van der Waals surface area contributed by atoms with Gasteiger partial charge in [0.25, 0.3) is 0 Å². The van der Waals surface area contributed by atoms with Crippen molar-refractivity contribution < 1.29 is 4.55 Å². The van der Waals surface area contributed by atoms with Gasteiger partial charge in [-0.05, 0) is 12.0 Å². The fraction of sp³-hybridized carbons (Fsp3) is 1.00. The summed E-state index contributed by atoms with van der Waals surface area (Å²) in [5.74, 6) is 1.87. The SMILES string of the molecule is CC(C)(C)SCCSO. The first-order valence-electron chi connectivity index (χ1n) is 2.96.